The smallest absolute Gasteiger partial charge is 0.292 e. The number of benzene rings is 1. The lowest BCUT2D eigenvalue weighted by Crippen LogP contribution is -2.47. The fourth-order valence-electron chi connectivity index (χ4n) is 4.05. The number of nitrogens with one attached hydrogen (secondary N) is 1. The number of carbonyl (C=O) groups excluding carboxylic acids is 1. The zero-order valence-corrected chi connectivity index (χ0v) is 17.1. The Kier molecular flexibility index (Phi) is 7.36. The van der Waals surface area contributed by atoms with Gasteiger partial charge in [-0.25, -0.2) is 0 Å². The van der Waals surface area contributed by atoms with Gasteiger partial charge in [-0.05, 0) is 48.9 Å². The maximum absolute atomic E-state index is 11.5. The monoisotopic (exact) mass is 375 g/mol. The van der Waals surface area contributed by atoms with Gasteiger partial charge in [0.2, 0.25) is 5.91 Å². The Morgan fingerprint density at radius 3 is 2.70 bits per heavy atom. The van der Waals surface area contributed by atoms with Gasteiger partial charge in [-0.15, -0.1) is 0 Å². The molecule has 1 aromatic carbocycles. The zero-order valence-electron chi connectivity index (χ0n) is 17.1. The Morgan fingerprint density at radius 2 is 2.11 bits per heavy atom. The summed E-state index contributed by atoms with van der Waals surface area (Å²) in [7, 11) is 0. The third kappa shape index (κ3) is 5.28. The summed E-state index contributed by atoms with van der Waals surface area (Å²) in [6, 6.07) is 5.18. The van der Waals surface area contributed by atoms with Crippen LogP contribution in [0, 0.1) is 16.0 Å². The average molecular weight is 376 g/mol. The molecule has 6 nitrogen and oxygen atoms in total. The predicted molar refractivity (Wildman–Crippen MR) is 109 cm³/mol. The van der Waals surface area contributed by atoms with Crippen LogP contribution in [0.4, 0.5) is 11.4 Å². The first-order valence-corrected chi connectivity index (χ1v) is 10.1. The third-order valence-corrected chi connectivity index (χ3v) is 6.06. The first-order chi connectivity index (χ1) is 12.8. The van der Waals surface area contributed by atoms with Crippen molar-refractivity contribution in [2.45, 2.75) is 65.2 Å². The Morgan fingerprint density at radius 1 is 1.37 bits per heavy atom. The number of nitro benzene ring substituents is 1. The van der Waals surface area contributed by atoms with Crippen LogP contribution >= 0.6 is 0 Å². The molecular formula is C21H33N3O3. The number of rotatable bonds is 8. The molecule has 150 valence electrons. The first-order valence-electron chi connectivity index (χ1n) is 10.1. The summed E-state index contributed by atoms with van der Waals surface area (Å²) in [5, 5.41) is 13.9. The number of amides is 1. The van der Waals surface area contributed by atoms with Crippen LogP contribution < -0.4 is 5.32 Å². The van der Waals surface area contributed by atoms with E-state index >= 15 is 0 Å². The Balaban J connectivity index is 2.14. The summed E-state index contributed by atoms with van der Waals surface area (Å²) in [5.74, 6) is 0.138. The molecular weight excluding hydrogens is 342 g/mol. The molecule has 1 heterocycles. The molecule has 27 heavy (non-hydrogen) atoms. The molecule has 0 aliphatic carbocycles. The molecule has 1 amide bonds. The summed E-state index contributed by atoms with van der Waals surface area (Å²) in [4.78, 5) is 24.8. The van der Waals surface area contributed by atoms with Crippen molar-refractivity contribution < 1.29 is 9.72 Å². The standard InChI is InChI=1S/C21H33N3O3/c1-5-6-7-8-12-23-13-11-21(4,16(2)15-23)18-9-10-20(24(26)27)19(14-18)22-17(3)25/h9-10,14,16H,5-8,11-13,15H2,1-4H3,(H,22,25)/t16-,21-/m0/s1. The number of anilines is 1. The van der Waals surface area contributed by atoms with Crippen LogP contribution in [0.5, 0.6) is 0 Å². The topological polar surface area (TPSA) is 75.5 Å². The quantitative estimate of drug-likeness (QED) is 0.405. The third-order valence-electron chi connectivity index (χ3n) is 6.06. The normalized spacial score (nSPS) is 23.2. The lowest BCUT2D eigenvalue weighted by molar-refractivity contribution is -0.384. The van der Waals surface area contributed by atoms with E-state index in [1.807, 2.05) is 6.07 Å². The molecule has 2 atom stereocenters. The molecule has 1 N–H and O–H groups in total. The van der Waals surface area contributed by atoms with E-state index < -0.39 is 4.92 Å². The highest BCUT2D eigenvalue weighted by Crippen LogP contribution is 2.41. The molecule has 1 aromatic rings. The van der Waals surface area contributed by atoms with Crippen molar-refractivity contribution in [2.24, 2.45) is 5.92 Å². The van der Waals surface area contributed by atoms with E-state index in [9.17, 15) is 14.9 Å². The fraction of sp³-hybridized carbons (Fsp3) is 0.667. The van der Waals surface area contributed by atoms with Crippen LogP contribution in [0.15, 0.2) is 18.2 Å². The van der Waals surface area contributed by atoms with Crippen molar-refractivity contribution in [2.75, 3.05) is 25.0 Å². The zero-order chi connectivity index (χ0) is 20.0. The van der Waals surface area contributed by atoms with Gasteiger partial charge in [0.15, 0.2) is 0 Å². The second-order valence-electron chi connectivity index (χ2n) is 8.10. The number of carbonyl (C=O) groups is 1. The summed E-state index contributed by atoms with van der Waals surface area (Å²) >= 11 is 0. The summed E-state index contributed by atoms with van der Waals surface area (Å²) in [6.07, 6.45) is 6.11. The van der Waals surface area contributed by atoms with Crippen molar-refractivity contribution >= 4 is 17.3 Å². The van der Waals surface area contributed by atoms with Gasteiger partial charge in [-0.3, -0.25) is 14.9 Å². The number of hydrogen-bond donors (Lipinski definition) is 1. The molecule has 0 bridgehead atoms. The molecule has 0 unspecified atom stereocenters. The lowest BCUT2D eigenvalue weighted by atomic mass is 9.68. The highest BCUT2D eigenvalue weighted by molar-refractivity contribution is 5.91. The lowest BCUT2D eigenvalue weighted by Gasteiger charge is -2.45. The number of nitrogens with zero attached hydrogens (tertiary/aromatic N) is 2. The second kappa shape index (κ2) is 9.31. The van der Waals surface area contributed by atoms with Gasteiger partial charge >= 0.3 is 0 Å². The maximum Gasteiger partial charge on any atom is 0.292 e. The van der Waals surface area contributed by atoms with Crippen LogP contribution in [0.25, 0.3) is 0 Å². The van der Waals surface area contributed by atoms with Crippen LogP contribution in [0.1, 0.15) is 65.4 Å². The van der Waals surface area contributed by atoms with Crippen molar-refractivity contribution in [3.63, 3.8) is 0 Å². The highest BCUT2D eigenvalue weighted by atomic mass is 16.6. The van der Waals surface area contributed by atoms with E-state index in [0.29, 0.717) is 11.6 Å². The predicted octanol–water partition coefficient (Wildman–Crippen LogP) is 4.73. The number of unbranched alkanes of at least 4 members (excludes halogenated alkanes) is 3. The number of hydrogen-bond acceptors (Lipinski definition) is 4. The number of nitro groups is 1. The van der Waals surface area contributed by atoms with E-state index in [0.717, 1.165) is 31.6 Å². The van der Waals surface area contributed by atoms with Gasteiger partial charge < -0.3 is 10.2 Å². The molecule has 1 aliphatic heterocycles. The Labute approximate surface area is 162 Å². The minimum Gasteiger partial charge on any atom is -0.321 e. The van der Waals surface area contributed by atoms with E-state index in [1.165, 1.54) is 38.7 Å². The van der Waals surface area contributed by atoms with Gasteiger partial charge in [-0.1, -0.05) is 46.1 Å². The Hall–Kier alpha value is -1.95. The van der Waals surface area contributed by atoms with Gasteiger partial charge in [0.25, 0.3) is 5.69 Å². The second-order valence-corrected chi connectivity index (χ2v) is 8.10. The molecule has 0 saturated carbocycles. The minimum atomic E-state index is -0.445. The largest absolute Gasteiger partial charge is 0.321 e. The van der Waals surface area contributed by atoms with E-state index in [2.05, 4.69) is 31.0 Å². The van der Waals surface area contributed by atoms with Gasteiger partial charge in [-0.2, -0.15) is 0 Å². The maximum atomic E-state index is 11.5. The molecule has 0 radical (unpaired) electrons. The van der Waals surface area contributed by atoms with Crippen molar-refractivity contribution in [3.8, 4) is 0 Å². The van der Waals surface area contributed by atoms with Crippen molar-refractivity contribution in [3.05, 3.63) is 33.9 Å². The average Bonchev–Trinajstić information content (AvgIpc) is 2.61. The van der Waals surface area contributed by atoms with Gasteiger partial charge in [0, 0.05) is 19.5 Å². The number of piperidine rings is 1. The molecule has 6 heteroatoms. The summed E-state index contributed by atoms with van der Waals surface area (Å²) in [5.41, 5.74) is 1.25. The molecule has 1 saturated heterocycles. The molecule has 2 rings (SSSR count). The summed E-state index contributed by atoms with van der Waals surface area (Å²) < 4.78 is 0. The highest BCUT2D eigenvalue weighted by Gasteiger charge is 2.38. The van der Waals surface area contributed by atoms with Gasteiger partial charge in [0.1, 0.15) is 5.69 Å². The first kappa shape index (κ1) is 21.4. The van der Waals surface area contributed by atoms with Crippen LogP contribution in [0.2, 0.25) is 0 Å². The van der Waals surface area contributed by atoms with Crippen LogP contribution in [0.3, 0.4) is 0 Å². The number of likely N-dealkylation sites (tertiary alicyclic amines) is 1. The van der Waals surface area contributed by atoms with Crippen LogP contribution in [-0.2, 0) is 10.2 Å². The molecule has 1 aliphatic rings. The molecule has 0 spiro atoms. The van der Waals surface area contributed by atoms with Crippen molar-refractivity contribution in [1.82, 2.24) is 4.90 Å². The van der Waals surface area contributed by atoms with E-state index in [1.54, 1.807) is 6.07 Å². The van der Waals surface area contributed by atoms with E-state index in [4.69, 9.17) is 0 Å². The SMILES string of the molecule is CCCCCCN1CC[C@](C)(c2ccc([N+](=O)[O-])c(NC(C)=O)c2)[C@@H](C)C1. The molecule has 1 fully saturated rings. The Bertz CT molecular complexity index is 677. The van der Waals surface area contributed by atoms with Crippen LogP contribution in [-0.4, -0.2) is 35.4 Å². The van der Waals surface area contributed by atoms with E-state index in [-0.39, 0.29) is 17.0 Å². The fourth-order valence-corrected chi connectivity index (χ4v) is 4.05. The van der Waals surface area contributed by atoms with Gasteiger partial charge in [0.05, 0.1) is 4.92 Å². The summed E-state index contributed by atoms with van der Waals surface area (Å²) in [6.45, 7) is 11.3. The minimum absolute atomic E-state index is 0.0533. The molecule has 0 aromatic heterocycles. The van der Waals surface area contributed by atoms with Crippen molar-refractivity contribution in [1.29, 1.82) is 0 Å².